The fraction of sp³-hybridized carbons (Fsp3) is 0.312. The molecule has 8 heteroatoms. The van der Waals surface area contributed by atoms with Crippen LogP contribution >= 0.6 is 15.9 Å². The molecule has 0 unspecified atom stereocenters. The molecule has 2 heterocycles. The van der Waals surface area contributed by atoms with Crippen LogP contribution in [0.3, 0.4) is 0 Å². The summed E-state index contributed by atoms with van der Waals surface area (Å²) in [7, 11) is 1.30. The van der Waals surface area contributed by atoms with Gasteiger partial charge >= 0.3 is 12.1 Å². The number of benzene rings is 1. The summed E-state index contributed by atoms with van der Waals surface area (Å²) in [5, 5.41) is 0. The lowest BCUT2D eigenvalue weighted by atomic mass is 10.2. The zero-order chi connectivity index (χ0) is 17.1. The van der Waals surface area contributed by atoms with Gasteiger partial charge in [0, 0.05) is 13.1 Å². The summed E-state index contributed by atoms with van der Waals surface area (Å²) in [6.07, 6.45) is -0.418. The molecule has 2 aromatic rings. The van der Waals surface area contributed by atoms with E-state index in [2.05, 4.69) is 20.9 Å². The number of nitrogens with zero attached hydrogens (tertiary/aromatic N) is 3. The van der Waals surface area contributed by atoms with E-state index in [0.717, 1.165) is 5.56 Å². The summed E-state index contributed by atoms with van der Waals surface area (Å²) in [5.41, 5.74) is 1.77. The van der Waals surface area contributed by atoms with Gasteiger partial charge in [-0.1, -0.05) is 30.3 Å². The topological polar surface area (TPSA) is 73.7 Å². The predicted octanol–water partition coefficient (Wildman–Crippen LogP) is 2.58. The average Bonchev–Trinajstić information content (AvgIpc) is 2.96. The molecule has 126 valence electrons. The Morgan fingerprint density at radius 2 is 2.00 bits per heavy atom. The lowest BCUT2D eigenvalue weighted by Crippen LogP contribution is -2.39. The van der Waals surface area contributed by atoms with Crippen LogP contribution < -0.4 is 0 Å². The molecule has 0 bridgehead atoms. The molecule has 0 saturated heterocycles. The molecular formula is C16H16BrN3O4. The first-order valence-electron chi connectivity index (χ1n) is 7.39. The van der Waals surface area contributed by atoms with Crippen LogP contribution in [-0.4, -0.2) is 40.2 Å². The molecule has 7 nitrogen and oxygen atoms in total. The van der Waals surface area contributed by atoms with Crippen molar-refractivity contribution in [1.29, 1.82) is 0 Å². The normalized spacial score (nSPS) is 13.3. The maximum Gasteiger partial charge on any atom is 0.410 e. The summed E-state index contributed by atoms with van der Waals surface area (Å²) in [4.78, 5) is 29.8. The molecule has 0 radical (unpaired) electrons. The number of amides is 1. The summed E-state index contributed by atoms with van der Waals surface area (Å²) in [5.74, 6) is -0.524. The van der Waals surface area contributed by atoms with Crippen LogP contribution in [0.2, 0.25) is 0 Å². The van der Waals surface area contributed by atoms with Gasteiger partial charge in [0.15, 0.2) is 10.4 Å². The maximum absolute atomic E-state index is 12.3. The lowest BCUT2D eigenvalue weighted by Gasteiger charge is -2.28. The van der Waals surface area contributed by atoms with Crippen molar-refractivity contribution in [3.63, 3.8) is 0 Å². The van der Waals surface area contributed by atoms with Crippen LogP contribution in [0.5, 0.6) is 0 Å². The molecule has 0 N–H and O–H groups in total. The molecule has 24 heavy (non-hydrogen) atoms. The standard InChI is InChI=1S/C16H16BrN3O4/c1-23-14(21)13-12-9-19(7-8-20(12)15(17)18-13)16(22)24-10-11-5-3-2-4-6-11/h2-6H,7-10H2,1H3. The van der Waals surface area contributed by atoms with Gasteiger partial charge in [-0.15, -0.1) is 0 Å². The molecule has 1 amide bonds. The smallest absolute Gasteiger partial charge is 0.410 e. The third-order valence-corrected chi connectivity index (χ3v) is 4.41. The van der Waals surface area contributed by atoms with Crippen molar-refractivity contribution in [2.75, 3.05) is 13.7 Å². The number of hydrogen-bond acceptors (Lipinski definition) is 5. The fourth-order valence-electron chi connectivity index (χ4n) is 2.55. The number of methoxy groups -OCH3 is 1. The molecular weight excluding hydrogens is 378 g/mol. The van der Waals surface area contributed by atoms with Crippen LogP contribution in [0.25, 0.3) is 0 Å². The van der Waals surface area contributed by atoms with Gasteiger partial charge in [0.25, 0.3) is 0 Å². The van der Waals surface area contributed by atoms with Crippen molar-refractivity contribution >= 4 is 28.0 Å². The van der Waals surface area contributed by atoms with Gasteiger partial charge in [-0.25, -0.2) is 14.6 Å². The second-order valence-corrected chi connectivity index (χ2v) is 5.99. The van der Waals surface area contributed by atoms with E-state index in [9.17, 15) is 9.59 Å². The number of fused-ring (bicyclic) bond motifs is 1. The Morgan fingerprint density at radius 3 is 2.71 bits per heavy atom. The van der Waals surface area contributed by atoms with E-state index in [1.165, 1.54) is 7.11 Å². The third-order valence-electron chi connectivity index (χ3n) is 3.80. The maximum atomic E-state index is 12.3. The summed E-state index contributed by atoms with van der Waals surface area (Å²) >= 11 is 3.33. The number of halogens is 1. The minimum absolute atomic E-state index is 0.211. The molecule has 1 aliphatic heterocycles. The van der Waals surface area contributed by atoms with Crippen molar-refractivity contribution in [2.24, 2.45) is 0 Å². The van der Waals surface area contributed by atoms with E-state index >= 15 is 0 Å². The van der Waals surface area contributed by atoms with Crippen molar-refractivity contribution in [1.82, 2.24) is 14.5 Å². The zero-order valence-corrected chi connectivity index (χ0v) is 14.7. The van der Waals surface area contributed by atoms with Crippen molar-refractivity contribution < 1.29 is 19.1 Å². The molecule has 0 aliphatic carbocycles. The van der Waals surface area contributed by atoms with E-state index < -0.39 is 12.1 Å². The Morgan fingerprint density at radius 1 is 1.25 bits per heavy atom. The third kappa shape index (κ3) is 3.28. The number of ether oxygens (including phenoxy) is 2. The first-order chi connectivity index (χ1) is 11.6. The Hall–Kier alpha value is -2.35. The molecule has 0 saturated carbocycles. The first kappa shape index (κ1) is 16.5. The number of hydrogen-bond donors (Lipinski definition) is 0. The summed E-state index contributed by atoms with van der Waals surface area (Å²) < 4.78 is 12.5. The van der Waals surface area contributed by atoms with E-state index in [1.54, 1.807) is 4.90 Å². The van der Waals surface area contributed by atoms with Gasteiger partial charge in [0.05, 0.1) is 19.3 Å². The van der Waals surface area contributed by atoms with Gasteiger partial charge in [-0.05, 0) is 21.5 Å². The predicted molar refractivity (Wildman–Crippen MR) is 88.3 cm³/mol. The quantitative estimate of drug-likeness (QED) is 0.749. The van der Waals surface area contributed by atoms with Gasteiger partial charge in [-0.3, -0.25) is 0 Å². The van der Waals surface area contributed by atoms with Gasteiger partial charge in [0.2, 0.25) is 0 Å². The highest BCUT2D eigenvalue weighted by molar-refractivity contribution is 9.10. The molecule has 3 rings (SSSR count). The van der Waals surface area contributed by atoms with E-state index in [0.29, 0.717) is 23.5 Å². The lowest BCUT2D eigenvalue weighted by molar-refractivity contribution is 0.0586. The monoisotopic (exact) mass is 393 g/mol. The van der Waals surface area contributed by atoms with Crippen molar-refractivity contribution in [3.05, 3.63) is 52.0 Å². The van der Waals surface area contributed by atoms with Crippen molar-refractivity contribution in [2.45, 2.75) is 19.7 Å². The largest absolute Gasteiger partial charge is 0.464 e. The number of carbonyl (C=O) groups excluding carboxylic acids is 2. The van der Waals surface area contributed by atoms with Crippen LogP contribution in [0.15, 0.2) is 35.1 Å². The number of imidazole rings is 1. The minimum atomic E-state index is -0.524. The number of aromatic nitrogens is 2. The second-order valence-electron chi connectivity index (χ2n) is 5.28. The Kier molecular flexibility index (Phi) is 4.84. The zero-order valence-electron chi connectivity index (χ0n) is 13.1. The summed E-state index contributed by atoms with van der Waals surface area (Å²) in [6.45, 7) is 1.47. The average molecular weight is 394 g/mol. The number of rotatable bonds is 3. The molecule has 1 aromatic carbocycles. The van der Waals surface area contributed by atoms with E-state index in [4.69, 9.17) is 9.47 Å². The minimum Gasteiger partial charge on any atom is -0.464 e. The molecule has 0 spiro atoms. The first-order valence-corrected chi connectivity index (χ1v) is 8.18. The second kappa shape index (κ2) is 7.04. The van der Waals surface area contributed by atoms with Crippen LogP contribution in [0.1, 0.15) is 21.7 Å². The SMILES string of the molecule is COC(=O)c1nc(Br)n2c1CN(C(=O)OCc1ccccc1)CC2. The van der Waals surface area contributed by atoms with E-state index in [1.807, 2.05) is 34.9 Å². The van der Waals surface area contributed by atoms with Gasteiger partial charge < -0.3 is 18.9 Å². The van der Waals surface area contributed by atoms with Crippen LogP contribution in [0.4, 0.5) is 4.79 Å². The molecule has 1 aliphatic rings. The van der Waals surface area contributed by atoms with Gasteiger partial charge in [-0.2, -0.15) is 0 Å². The Labute approximate surface area is 147 Å². The highest BCUT2D eigenvalue weighted by Gasteiger charge is 2.29. The Balaban J connectivity index is 1.70. The highest BCUT2D eigenvalue weighted by atomic mass is 79.9. The van der Waals surface area contributed by atoms with E-state index in [-0.39, 0.29) is 18.8 Å². The molecule has 0 fully saturated rings. The molecule has 0 atom stereocenters. The summed E-state index contributed by atoms with van der Waals surface area (Å²) in [6, 6.07) is 9.48. The Bertz CT molecular complexity index is 760. The number of carbonyl (C=O) groups is 2. The number of esters is 1. The van der Waals surface area contributed by atoms with Crippen LogP contribution in [0, 0.1) is 0 Å². The van der Waals surface area contributed by atoms with Crippen molar-refractivity contribution in [3.8, 4) is 0 Å². The fourth-order valence-corrected chi connectivity index (χ4v) is 3.12. The van der Waals surface area contributed by atoms with Crippen LogP contribution in [-0.2, 0) is 29.2 Å². The molecule has 1 aromatic heterocycles. The highest BCUT2D eigenvalue weighted by Crippen LogP contribution is 2.23. The van der Waals surface area contributed by atoms with Gasteiger partial charge in [0.1, 0.15) is 6.61 Å².